The molecule has 1 atom stereocenters. The van der Waals surface area contributed by atoms with Crippen LogP contribution in [-0.2, 0) is 11.3 Å². The van der Waals surface area contributed by atoms with E-state index in [9.17, 15) is 9.59 Å². The quantitative estimate of drug-likeness (QED) is 0.678. The topological polar surface area (TPSA) is 85.1 Å². The Morgan fingerprint density at radius 3 is 2.60 bits per heavy atom. The molecule has 30 heavy (non-hydrogen) atoms. The van der Waals surface area contributed by atoms with Crippen LogP contribution < -0.4 is 15.2 Å². The SMILES string of the molecule is CCOc1cc(C(CC(=O)N(C)C)N2Cc3c(Cl)ccc(N)c3C2=O)ccc1OC. The molecule has 0 fully saturated rings. The van der Waals surface area contributed by atoms with E-state index in [4.69, 9.17) is 26.8 Å². The summed E-state index contributed by atoms with van der Waals surface area (Å²) in [6.07, 6.45) is 0.113. The average Bonchev–Trinajstić information content (AvgIpc) is 3.07. The van der Waals surface area contributed by atoms with Gasteiger partial charge in [-0.15, -0.1) is 0 Å². The number of nitrogens with zero attached hydrogens (tertiary/aromatic N) is 2. The van der Waals surface area contributed by atoms with Crippen molar-refractivity contribution in [3.05, 3.63) is 52.0 Å². The van der Waals surface area contributed by atoms with Crippen molar-refractivity contribution in [2.24, 2.45) is 0 Å². The van der Waals surface area contributed by atoms with Gasteiger partial charge in [0.05, 0.1) is 31.7 Å². The fourth-order valence-electron chi connectivity index (χ4n) is 3.61. The summed E-state index contributed by atoms with van der Waals surface area (Å²) in [5, 5.41) is 0.484. The lowest BCUT2D eigenvalue weighted by molar-refractivity contribution is -0.129. The Morgan fingerprint density at radius 2 is 2.00 bits per heavy atom. The number of halogens is 1. The molecule has 160 valence electrons. The van der Waals surface area contributed by atoms with Crippen molar-refractivity contribution in [2.45, 2.75) is 25.9 Å². The van der Waals surface area contributed by atoms with Crippen LogP contribution in [0.5, 0.6) is 11.5 Å². The van der Waals surface area contributed by atoms with Crippen LogP contribution in [0.15, 0.2) is 30.3 Å². The number of amides is 2. The first-order valence-electron chi connectivity index (χ1n) is 9.67. The van der Waals surface area contributed by atoms with Crippen LogP contribution >= 0.6 is 11.6 Å². The van der Waals surface area contributed by atoms with E-state index in [0.29, 0.717) is 39.9 Å². The number of carbonyl (C=O) groups is 2. The second kappa shape index (κ2) is 8.83. The number of nitrogens with two attached hydrogens (primary N) is 1. The molecule has 0 aromatic heterocycles. The highest BCUT2D eigenvalue weighted by Gasteiger charge is 2.37. The van der Waals surface area contributed by atoms with Gasteiger partial charge in [-0.05, 0) is 36.8 Å². The molecule has 0 spiro atoms. The molecular formula is C22H26ClN3O4. The van der Waals surface area contributed by atoms with Gasteiger partial charge < -0.3 is 25.0 Å². The molecule has 0 bridgehead atoms. The van der Waals surface area contributed by atoms with Crippen molar-refractivity contribution in [1.82, 2.24) is 9.80 Å². The highest BCUT2D eigenvalue weighted by Crippen LogP contribution is 2.40. The van der Waals surface area contributed by atoms with Gasteiger partial charge >= 0.3 is 0 Å². The second-order valence-corrected chi connectivity index (χ2v) is 7.68. The molecule has 7 nitrogen and oxygen atoms in total. The highest BCUT2D eigenvalue weighted by molar-refractivity contribution is 6.32. The third kappa shape index (κ3) is 4.03. The minimum atomic E-state index is -0.514. The van der Waals surface area contributed by atoms with Crippen molar-refractivity contribution in [3.8, 4) is 11.5 Å². The molecule has 0 saturated heterocycles. The molecule has 0 aliphatic carbocycles. The van der Waals surface area contributed by atoms with Gasteiger partial charge in [-0.2, -0.15) is 0 Å². The van der Waals surface area contributed by atoms with Crippen LogP contribution in [0.3, 0.4) is 0 Å². The number of benzene rings is 2. The fourth-order valence-corrected chi connectivity index (χ4v) is 3.83. The van der Waals surface area contributed by atoms with E-state index in [0.717, 1.165) is 5.56 Å². The van der Waals surface area contributed by atoms with Crippen LogP contribution in [0.4, 0.5) is 5.69 Å². The molecule has 1 heterocycles. The minimum absolute atomic E-state index is 0.100. The van der Waals surface area contributed by atoms with Crippen molar-refractivity contribution < 1.29 is 19.1 Å². The molecule has 2 aromatic rings. The lowest BCUT2D eigenvalue weighted by atomic mass is 10.0. The first-order valence-corrected chi connectivity index (χ1v) is 10.0. The number of anilines is 1. The molecule has 1 aliphatic heterocycles. The van der Waals surface area contributed by atoms with Crippen LogP contribution in [0, 0.1) is 0 Å². The number of hydrogen-bond acceptors (Lipinski definition) is 5. The van der Waals surface area contributed by atoms with E-state index >= 15 is 0 Å². The van der Waals surface area contributed by atoms with Crippen molar-refractivity contribution in [3.63, 3.8) is 0 Å². The molecule has 0 radical (unpaired) electrons. The Bertz CT molecular complexity index is 977. The predicted octanol–water partition coefficient (Wildman–Crippen LogP) is 3.50. The Labute approximate surface area is 181 Å². The standard InChI is InChI=1S/C22H26ClN3O4/c1-5-30-19-10-13(6-9-18(19)29-4)17(11-20(27)25(2)3)26-12-14-15(23)7-8-16(24)21(14)22(26)28/h6-10,17H,5,11-12,24H2,1-4H3. The molecule has 2 aromatic carbocycles. The lowest BCUT2D eigenvalue weighted by Crippen LogP contribution is -2.34. The van der Waals surface area contributed by atoms with Gasteiger partial charge in [0.1, 0.15) is 0 Å². The highest BCUT2D eigenvalue weighted by atomic mass is 35.5. The Morgan fingerprint density at radius 1 is 1.27 bits per heavy atom. The summed E-state index contributed by atoms with van der Waals surface area (Å²) in [4.78, 5) is 29.0. The van der Waals surface area contributed by atoms with Crippen LogP contribution in [-0.4, -0.2) is 49.4 Å². The molecule has 1 unspecified atom stereocenters. The molecule has 0 saturated carbocycles. The zero-order valence-corrected chi connectivity index (χ0v) is 18.3. The normalized spacial score (nSPS) is 13.8. The van der Waals surface area contributed by atoms with Gasteiger partial charge in [0, 0.05) is 36.9 Å². The maximum absolute atomic E-state index is 13.3. The predicted molar refractivity (Wildman–Crippen MR) is 116 cm³/mol. The second-order valence-electron chi connectivity index (χ2n) is 7.27. The zero-order chi connectivity index (χ0) is 22.0. The number of ether oxygens (including phenoxy) is 2. The number of hydrogen-bond donors (Lipinski definition) is 1. The summed E-state index contributed by atoms with van der Waals surface area (Å²) in [5.41, 5.74) is 8.30. The van der Waals surface area contributed by atoms with E-state index in [-0.39, 0.29) is 24.8 Å². The number of nitrogen functional groups attached to an aromatic ring is 1. The van der Waals surface area contributed by atoms with Gasteiger partial charge in [0.2, 0.25) is 5.91 Å². The maximum atomic E-state index is 13.3. The Hall–Kier alpha value is -2.93. The molecular weight excluding hydrogens is 406 g/mol. The van der Waals surface area contributed by atoms with E-state index in [1.54, 1.807) is 44.3 Å². The Kier molecular flexibility index (Phi) is 6.41. The zero-order valence-electron chi connectivity index (χ0n) is 17.6. The van der Waals surface area contributed by atoms with Gasteiger partial charge in [-0.3, -0.25) is 9.59 Å². The van der Waals surface area contributed by atoms with Crippen molar-refractivity contribution >= 4 is 29.1 Å². The lowest BCUT2D eigenvalue weighted by Gasteiger charge is -2.29. The summed E-state index contributed by atoms with van der Waals surface area (Å²) < 4.78 is 11.1. The summed E-state index contributed by atoms with van der Waals surface area (Å²) in [6.45, 7) is 2.62. The smallest absolute Gasteiger partial charge is 0.257 e. The number of fused-ring (bicyclic) bond motifs is 1. The van der Waals surface area contributed by atoms with E-state index in [1.807, 2.05) is 19.1 Å². The molecule has 8 heteroatoms. The number of methoxy groups -OCH3 is 1. The van der Waals surface area contributed by atoms with E-state index < -0.39 is 6.04 Å². The number of carbonyl (C=O) groups excluding carboxylic acids is 2. The van der Waals surface area contributed by atoms with Gasteiger partial charge in [-0.25, -0.2) is 0 Å². The van der Waals surface area contributed by atoms with Crippen LogP contribution in [0.2, 0.25) is 5.02 Å². The maximum Gasteiger partial charge on any atom is 0.257 e. The molecule has 2 amide bonds. The van der Waals surface area contributed by atoms with Gasteiger partial charge in [0.25, 0.3) is 5.91 Å². The minimum Gasteiger partial charge on any atom is -0.493 e. The summed E-state index contributed by atoms with van der Waals surface area (Å²) in [5.74, 6) is 0.801. The largest absolute Gasteiger partial charge is 0.493 e. The first kappa shape index (κ1) is 21.8. The summed E-state index contributed by atoms with van der Waals surface area (Å²) >= 11 is 6.34. The third-order valence-electron chi connectivity index (χ3n) is 5.21. The van der Waals surface area contributed by atoms with Gasteiger partial charge in [0.15, 0.2) is 11.5 Å². The van der Waals surface area contributed by atoms with Crippen molar-refractivity contribution in [1.29, 1.82) is 0 Å². The van der Waals surface area contributed by atoms with E-state index in [1.165, 1.54) is 4.90 Å². The van der Waals surface area contributed by atoms with Crippen molar-refractivity contribution in [2.75, 3.05) is 33.5 Å². The van der Waals surface area contributed by atoms with Crippen LogP contribution in [0.1, 0.15) is 40.9 Å². The van der Waals surface area contributed by atoms with E-state index in [2.05, 4.69) is 0 Å². The monoisotopic (exact) mass is 431 g/mol. The van der Waals surface area contributed by atoms with Crippen LogP contribution in [0.25, 0.3) is 0 Å². The summed E-state index contributed by atoms with van der Waals surface area (Å²) in [7, 11) is 4.94. The molecule has 2 N–H and O–H groups in total. The average molecular weight is 432 g/mol. The molecule has 1 aliphatic rings. The first-order chi connectivity index (χ1) is 14.3. The summed E-state index contributed by atoms with van der Waals surface area (Å²) in [6, 6.07) is 8.24. The molecule has 3 rings (SSSR count). The van der Waals surface area contributed by atoms with Gasteiger partial charge in [-0.1, -0.05) is 17.7 Å². The Balaban J connectivity index is 2.06. The fraction of sp³-hybridized carbons (Fsp3) is 0.364. The third-order valence-corrected chi connectivity index (χ3v) is 5.56. The number of rotatable bonds is 7.